The van der Waals surface area contributed by atoms with Crippen molar-refractivity contribution < 1.29 is 4.57 Å². The fraction of sp³-hybridized carbons (Fsp3) is 0.0588. The number of rotatable bonds is 5. The van der Waals surface area contributed by atoms with Crippen LogP contribution in [0.15, 0.2) is 188 Å². The van der Waals surface area contributed by atoms with Crippen LogP contribution in [0.5, 0.6) is 0 Å². The van der Waals surface area contributed by atoms with E-state index in [0.717, 1.165) is 43.6 Å². The normalized spacial score (nSPS) is 13.3. The molecular weight excluding hydrogens is 660 g/mol. The summed E-state index contributed by atoms with van der Waals surface area (Å²) in [6.45, 7) is 4.68. The number of fused-ring (bicyclic) bond motifs is 9. The highest BCUT2D eigenvalue weighted by molar-refractivity contribution is 7.85. The van der Waals surface area contributed by atoms with E-state index in [1.807, 2.05) is 12.1 Å². The van der Waals surface area contributed by atoms with E-state index in [1.54, 1.807) is 0 Å². The zero-order valence-corrected chi connectivity index (χ0v) is 30.6. The second kappa shape index (κ2) is 12.0. The van der Waals surface area contributed by atoms with E-state index >= 15 is 4.57 Å². The summed E-state index contributed by atoms with van der Waals surface area (Å²) >= 11 is 0. The summed E-state index contributed by atoms with van der Waals surface area (Å²) in [5, 5.41) is 9.67. The van der Waals surface area contributed by atoms with Crippen molar-refractivity contribution in [3.8, 4) is 33.4 Å². The second-order valence-corrected chi connectivity index (χ2v) is 17.6. The van der Waals surface area contributed by atoms with Gasteiger partial charge in [-0.3, -0.25) is 0 Å². The van der Waals surface area contributed by atoms with Gasteiger partial charge < -0.3 is 4.57 Å². The topological polar surface area (TPSA) is 17.1 Å². The van der Waals surface area contributed by atoms with Crippen molar-refractivity contribution in [3.05, 3.63) is 199 Å². The average Bonchev–Trinajstić information content (AvgIpc) is 3.45. The highest BCUT2D eigenvalue weighted by Gasteiger charge is 2.36. The minimum absolute atomic E-state index is 0.106. The summed E-state index contributed by atoms with van der Waals surface area (Å²) in [6.07, 6.45) is 0. The molecule has 0 bridgehead atoms. The first-order valence-electron chi connectivity index (χ1n) is 18.4. The molecule has 1 aliphatic rings. The van der Waals surface area contributed by atoms with Gasteiger partial charge in [-0.15, -0.1) is 0 Å². The van der Waals surface area contributed by atoms with Crippen molar-refractivity contribution in [2.75, 3.05) is 0 Å². The van der Waals surface area contributed by atoms with Gasteiger partial charge in [-0.1, -0.05) is 184 Å². The van der Waals surface area contributed by atoms with Gasteiger partial charge in [0.1, 0.15) is 0 Å². The molecule has 0 amide bonds. The lowest BCUT2D eigenvalue weighted by molar-refractivity contribution is 0.592. The summed E-state index contributed by atoms with van der Waals surface area (Å²) < 4.78 is 16.1. The Morgan fingerprint density at radius 2 is 0.774 bits per heavy atom. The molecule has 1 nitrogen and oxygen atoms in total. The van der Waals surface area contributed by atoms with Crippen molar-refractivity contribution >= 4 is 55.4 Å². The fourth-order valence-corrected chi connectivity index (χ4v) is 11.4. The van der Waals surface area contributed by atoms with Gasteiger partial charge in [0.15, 0.2) is 7.14 Å². The minimum atomic E-state index is -3.32. The molecule has 252 valence electrons. The molecule has 0 radical (unpaired) electrons. The van der Waals surface area contributed by atoms with Gasteiger partial charge in [0.2, 0.25) is 0 Å². The van der Waals surface area contributed by atoms with Gasteiger partial charge in [0, 0.05) is 21.3 Å². The first kappa shape index (κ1) is 31.7. The zero-order valence-electron chi connectivity index (χ0n) is 29.8. The van der Waals surface area contributed by atoms with Crippen molar-refractivity contribution in [2.45, 2.75) is 19.3 Å². The third-order valence-electron chi connectivity index (χ3n) is 11.6. The predicted molar refractivity (Wildman–Crippen MR) is 227 cm³/mol. The SMILES string of the molecule is CC1(C)c2ccccc2-c2cc3c4ccccc4c4cc(P(=O)(c5ccc(-c6ccccc6)cc5)c5ccc(-c6ccccc6)cc5)ccc4c3cc21. The Balaban J connectivity index is 1.20. The molecule has 0 N–H and O–H groups in total. The van der Waals surface area contributed by atoms with Crippen LogP contribution in [0.4, 0.5) is 0 Å². The lowest BCUT2D eigenvalue weighted by Crippen LogP contribution is -2.25. The van der Waals surface area contributed by atoms with E-state index in [4.69, 9.17) is 0 Å². The molecule has 0 aliphatic heterocycles. The second-order valence-electron chi connectivity index (χ2n) is 14.8. The molecule has 0 spiro atoms. The average molecular weight is 697 g/mol. The van der Waals surface area contributed by atoms with E-state index in [1.165, 1.54) is 49.2 Å². The summed E-state index contributed by atoms with van der Waals surface area (Å²) in [7, 11) is -3.32. The van der Waals surface area contributed by atoms with Gasteiger partial charge in [-0.05, 0) is 95.0 Å². The Morgan fingerprint density at radius 1 is 0.340 bits per heavy atom. The molecule has 9 aromatic rings. The van der Waals surface area contributed by atoms with Crippen LogP contribution >= 0.6 is 7.14 Å². The number of hydrogen-bond acceptors (Lipinski definition) is 1. The molecule has 10 rings (SSSR count). The van der Waals surface area contributed by atoms with Gasteiger partial charge in [0.05, 0.1) is 0 Å². The van der Waals surface area contributed by atoms with E-state index in [2.05, 4.69) is 190 Å². The van der Waals surface area contributed by atoms with E-state index < -0.39 is 7.14 Å². The number of hydrogen-bond donors (Lipinski definition) is 0. The largest absolute Gasteiger partial charge is 0.309 e. The molecule has 0 unspecified atom stereocenters. The maximum atomic E-state index is 16.1. The molecule has 0 aromatic heterocycles. The fourth-order valence-electron chi connectivity index (χ4n) is 8.77. The molecule has 53 heavy (non-hydrogen) atoms. The number of benzene rings is 9. The Morgan fingerprint density at radius 3 is 1.36 bits per heavy atom. The molecule has 0 saturated heterocycles. The van der Waals surface area contributed by atoms with Crippen LogP contribution in [0.1, 0.15) is 25.0 Å². The molecule has 0 saturated carbocycles. The molecule has 0 heterocycles. The van der Waals surface area contributed by atoms with Crippen molar-refractivity contribution in [1.82, 2.24) is 0 Å². The maximum absolute atomic E-state index is 16.1. The van der Waals surface area contributed by atoms with Crippen LogP contribution in [0.2, 0.25) is 0 Å². The van der Waals surface area contributed by atoms with Crippen LogP contribution in [0.3, 0.4) is 0 Å². The molecule has 0 atom stereocenters. The van der Waals surface area contributed by atoms with Crippen LogP contribution in [-0.2, 0) is 9.98 Å². The smallest absolute Gasteiger partial charge is 0.171 e. The Labute approximate surface area is 310 Å². The van der Waals surface area contributed by atoms with E-state index in [9.17, 15) is 0 Å². The molecule has 9 aromatic carbocycles. The maximum Gasteiger partial charge on any atom is 0.171 e. The standard InChI is InChI=1S/C51H37OP/c1-51(2)49-20-12-11-19-44(49)48-32-46-42-18-10-9-17-41(42)45-31-40(29-30-43(45)47(46)33-50(48)51)53(52,38-25-21-36(22-26-38)34-13-5-3-6-14-34)39-27-23-37(24-28-39)35-15-7-4-8-16-35/h3-33H,1-2H3. The molecule has 2 heteroatoms. The highest BCUT2D eigenvalue weighted by atomic mass is 31.2. The van der Waals surface area contributed by atoms with Crippen LogP contribution in [0, 0.1) is 0 Å². The minimum Gasteiger partial charge on any atom is -0.309 e. The summed E-state index contributed by atoms with van der Waals surface area (Å²) in [4.78, 5) is 0. The Kier molecular flexibility index (Phi) is 7.19. The van der Waals surface area contributed by atoms with Crippen molar-refractivity contribution in [3.63, 3.8) is 0 Å². The monoisotopic (exact) mass is 696 g/mol. The Bertz CT molecular complexity index is 2820. The molecule has 1 aliphatic carbocycles. The summed E-state index contributed by atoms with van der Waals surface area (Å²) in [6, 6.07) is 66.5. The summed E-state index contributed by atoms with van der Waals surface area (Å²) in [5.41, 5.74) is 9.76. The van der Waals surface area contributed by atoms with Gasteiger partial charge in [-0.25, -0.2) is 0 Å². The van der Waals surface area contributed by atoms with E-state index in [0.29, 0.717) is 0 Å². The first-order chi connectivity index (χ1) is 25.9. The van der Waals surface area contributed by atoms with Crippen LogP contribution in [0.25, 0.3) is 65.7 Å². The first-order valence-corrected chi connectivity index (χ1v) is 20.1. The molecule has 0 fully saturated rings. The van der Waals surface area contributed by atoms with Crippen molar-refractivity contribution in [1.29, 1.82) is 0 Å². The van der Waals surface area contributed by atoms with E-state index in [-0.39, 0.29) is 5.41 Å². The lowest BCUT2D eigenvalue weighted by Gasteiger charge is -2.23. The molecular formula is C51H37OP. The Hall–Kier alpha value is -6.01. The third-order valence-corrected chi connectivity index (χ3v) is 14.6. The lowest BCUT2D eigenvalue weighted by atomic mass is 9.81. The van der Waals surface area contributed by atoms with Crippen LogP contribution < -0.4 is 15.9 Å². The van der Waals surface area contributed by atoms with Crippen LogP contribution in [-0.4, -0.2) is 0 Å². The summed E-state index contributed by atoms with van der Waals surface area (Å²) in [5.74, 6) is 0. The van der Waals surface area contributed by atoms with Gasteiger partial charge in [0.25, 0.3) is 0 Å². The quantitative estimate of drug-likeness (QED) is 0.129. The van der Waals surface area contributed by atoms with Crippen molar-refractivity contribution in [2.24, 2.45) is 0 Å². The highest BCUT2D eigenvalue weighted by Crippen LogP contribution is 2.52. The van der Waals surface area contributed by atoms with Gasteiger partial charge in [-0.2, -0.15) is 0 Å². The third kappa shape index (κ3) is 4.88. The predicted octanol–water partition coefficient (Wildman–Crippen LogP) is 12.4. The zero-order chi connectivity index (χ0) is 35.7. The van der Waals surface area contributed by atoms with Gasteiger partial charge >= 0.3 is 0 Å².